The highest BCUT2D eigenvalue weighted by Crippen LogP contribution is 2.55. The van der Waals surface area contributed by atoms with Gasteiger partial charge in [-0.25, -0.2) is 0 Å². The fourth-order valence-corrected chi connectivity index (χ4v) is 3.09. The lowest BCUT2D eigenvalue weighted by atomic mass is 9.77. The van der Waals surface area contributed by atoms with E-state index in [0.717, 1.165) is 0 Å². The molecular formula is C12H14Cl2. The first-order valence-corrected chi connectivity index (χ1v) is 5.72. The number of hydrogen-bond acceptors (Lipinski definition) is 0. The van der Waals surface area contributed by atoms with Crippen molar-refractivity contribution in [3.63, 3.8) is 0 Å². The quantitative estimate of drug-likeness (QED) is 0.575. The molecule has 0 bridgehead atoms. The van der Waals surface area contributed by atoms with Crippen molar-refractivity contribution in [1.29, 1.82) is 0 Å². The van der Waals surface area contributed by atoms with Crippen molar-refractivity contribution >= 4 is 23.2 Å². The highest BCUT2D eigenvalue weighted by Gasteiger charge is 2.38. The Hall–Kier alpha value is -0.200. The molecule has 1 aliphatic rings. The number of benzene rings is 1. The maximum absolute atomic E-state index is 6.20. The molecule has 0 fully saturated rings. The fraction of sp³-hybridized carbons (Fsp3) is 0.500. The van der Waals surface area contributed by atoms with Crippen molar-refractivity contribution < 1.29 is 0 Å². The number of halogens is 2. The van der Waals surface area contributed by atoms with Gasteiger partial charge in [0.15, 0.2) is 0 Å². The van der Waals surface area contributed by atoms with Crippen LogP contribution in [0.25, 0.3) is 0 Å². The minimum atomic E-state index is 0.00432. The first kappa shape index (κ1) is 10.3. The van der Waals surface area contributed by atoms with Crippen molar-refractivity contribution in [3.05, 3.63) is 33.4 Å². The topological polar surface area (TPSA) is 0 Å². The van der Waals surface area contributed by atoms with Crippen LogP contribution in [0.2, 0.25) is 0 Å². The van der Waals surface area contributed by atoms with E-state index in [-0.39, 0.29) is 10.8 Å². The first-order chi connectivity index (χ1) is 6.46. The molecule has 2 heteroatoms. The maximum Gasteiger partial charge on any atom is 0.0796 e. The van der Waals surface area contributed by atoms with E-state index in [4.69, 9.17) is 23.2 Å². The van der Waals surface area contributed by atoms with Crippen LogP contribution in [0.1, 0.15) is 44.1 Å². The zero-order chi connectivity index (χ0) is 10.6. The van der Waals surface area contributed by atoms with Gasteiger partial charge < -0.3 is 0 Å². The molecule has 2 unspecified atom stereocenters. The molecule has 1 aliphatic carbocycles. The number of hydrogen-bond donors (Lipinski definition) is 0. The van der Waals surface area contributed by atoms with Crippen molar-refractivity contribution in [3.8, 4) is 0 Å². The van der Waals surface area contributed by atoms with Crippen LogP contribution in [0.15, 0.2) is 0 Å². The van der Waals surface area contributed by atoms with E-state index in [1.807, 2.05) is 0 Å². The van der Waals surface area contributed by atoms with Gasteiger partial charge in [0.05, 0.1) is 10.8 Å². The van der Waals surface area contributed by atoms with E-state index in [0.29, 0.717) is 0 Å². The average molecular weight is 229 g/mol. The third kappa shape index (κ3) is 1.07. The summed E-state index contributed by atoms with van der Waals surface area (Å²) in [5.74, 6) is 0. The Morgan fingerprint density at radius 1 is 0.643 bits per heavy atom. The molecule has 0 spiro atoms. The second-order valence-electron chi connectivity index (χ2n) is 4.13. The summed E-state index contributed by atoms with van der Waals surface area (Å²) in [6.07, 6.45) is 0. The molecule has 0 saturated heterocycles. The van der Waals surface area contributed by atoms with Gasteiger partial charge in [0, 0.05) is 0 Å². The second kappa shape index (κ2) is 3.15. The molecule has 0 heterocycles. The lowest BCUT2D eigenvalue weighted by Crippen LogP contribution is -2.21. The lowest BCUT2D eigenvalue weighted by molar-refractivity contribution is 0.745. The average Bonchev–Trinajstić information content (AvgIpc) is 2.18. The Morgan fingerprint density at radius 3 is 1.21 bits per heavy atom. The Balaban J connectivity index is 2.76. The summed E-state index contributed by atoms with van der Waals surface area (Å²) in [4.78, 5) is 0. The zero-order valence-corrected chi connectivity index (χ0v) is 10.4. The molecule has 14 heavy (non-hydrogen) atoms. The van der Waals surface area contributed by atoms with Gasteiger partial charge in [0.25, 0.3) is 0 Å². The van der Waals surface area contributed by atoms with Gasteiger partial charge in [0.1, 0.15) is 0 Å². The SMILES string of the molecule is Cc1c(C)c(C)c2c(c1C)C(Cl)C2Cl. The molecule has 0 radical (unpaired) electrons. The summed E-state index contributed by atoms with van der Waals surface area (Å²) < 4.78 is 0. The van der Waals surface area contributed by atoms with Gasteiger partial charge in [-0.05, 0) is 61.1 Å². The van der Waals surface area contributed by atoms with Crippen molar-refractivity contribution in [2.24, 2.45) is 0 Å². The van der Waals surface area contributed by atoms with Crippen LogP contribution in [0.5, 0.6) is 0 Å². The molecule has 0 aliphatic heterocycles. The molecule has 1 aromatic carbocycles. The van der Waals surface area contributed by atoms with Gasteiger partial charge in [-0.3, -0.25) is 0 Å². The van der Waals surface area contributed by atoms with Gasteiger partial charge in [-0.2, -0.15) is 0 Å². The van der Waals surface area contributed by atoms with Crippen LogP contribution in [0, 0.1) is 27.7 Å². The summed E-state index contributed by atoms with van der Waals surface area (Å²) in [6.45, 7) is 8.59. The minimum Gasteiger partial charge on any atom is -0.116 e. The molecule has 0 nitrogen and oxygen atoms in total. The molecule has 1 aromatic rings. The summed E-state index contributed by atoms with van der Waals surface area (Å²) >= 11 is 12.4. The largest absolute Gasteiger partial charge is 0.116 e. The van der Waals surface area contributed by atoms with Crippen LogP contribution >= 0.6 is 23.2 Å². The zero-order valence-electron chi connectivity index (χ0n) is 8.91. The molecule has 2 rings (SSSR count). The van der Waals surface area contributed by atoms with E-state index in [9.17, 15) is 0 Å². The van der Waals surface area contributed by atoms with Crippen LogP contribution in [0.3, 0.4) is 0 Å². The third-order valence-electron chi connectivity index (χ3n) is 3.59. The second-order valence-corrected chi connectivity index (χ2v) is 5.07. The molecule has 0 N–H and O–H groups in total. The van der Waals surface area contributed by atoms with Gasteiger partial charge in [0.2, 0.25) is 0 Å². The molecule has 0 aromatic heterocycles. The Bertz CT molecular complexity index is 369. The van der Waals surface area contributed by atoms with E-state index in [1.165, 1.54) is 33.4 Å². The number of alkyl halides is 2. The van der Waals surface area contributed by atoms with E-state index in [1.54, 1.807) is 0 Å². The summed E-state index contributed by atoms with van der Waals surface area (Å²) in [6, 6.07) is 0. The molecule has 0 saturated carbocycles. The highest BCUT2D eigenvalue weighted by molar-refractivity contribution is 6.32. The van der Waals surface area contributed by atoms with Crippen molar-refractivity contribution in [1.82, 2.24) is 0 Å². The summed E-state index contributed by atoms with van der Waals surface area (Å²) in [5, 5.41) is 0.00864. The number of rotatable bonds is 0. The monoisotopic (exact) mass is 228 g/mol. The van der Waals surface area contributed by atoms with Crippen LogP contribution in [-0.2, 0) is 0 Å². The lowest BCUT2D eigenvalue weighted by Gasteiger charge is -2.36. The fourth-order valence-electron chi connectivity index (χ4n) is 2.28. The molecule has 76 valence electrons. The standard InChI is InChI=1S/C12H14Cl2/c1-5-6(2)8(4)10-9(7(5)3)11(13)12(10)14/h11-12H,1-4H3. The Kier molecular flexibility index (Phi) is 2.32. The molecule has 0 amide bonds. The third-order valence-corrected chi connectivity index (χ3v) is 4.66. The molecule has 2 atom stereocenters. The predicted molar refractivity (Wildman–Crippen MR) is 62.6 cm³/mol. The van der Waals surface area contributed by atoms with Crippen LogP contribution in [-0.4, -0.2) is 0 Å². The van der Waals surface area contributed by atoms with E-state index < -0.39 is 0 Å². The maximum atomic E-state index is 6.20. The smallest absolute Gasteiger partial charge is 0.0796 e. The van der Waals surface area contributed by atoms with Gasteiger partial charge in [-0.15, -0.1) is 23.2 Å². The Morgan fingerprint density at radius 2 is 0.929 bits per heavy atom. The highest BCUT2D eigenvalue weighted by atomic mass is 35.5. The van der Waals surface area contributed by atoms with Gasteiger partial charge in [-0.1, -0.05) is 0 Å². The molecular weight excluding hydrogens is 215 g/mol. The Labute approximate surface area is 95.2 Å². The predicted octanol–water partition coefficient (Wildman–Crippen LogP) is 4.49. The summed E-state index contributed by atoms with van der Waals surface area (Å²) in [7, 11) is 0. The van der Waals surface area contributed by atoms with Crippen molar-refractivity contribution in [2.45, 2.75) is 38.4 Å². The van der Waals surface area contributed by atoms with E-state index >= 15 is 0 Å². The van der Waals surface area contributed by atoms with Gasteiger partial charge >= 0.3 is 0 Å². The first-order valence-electron chi connectivity index (χ1n) is 4.85. The van der Waals surface area contributed by atoms with Crippen LogP contribution in [0.4, 0.5) is 0 Å². The van der Waals surface area contributed by atoms with Crippen molar-refractivity contribution in [2.75, 3.05) is 0 Å². The minimum absolute atomic E-state index is 0.00432. The summed E-state index contributed by atoms with van der Waals surface area (Å²) in [5.41, 5.74) is 7.89. The number of fused-ring (bicyclic) bond motifs is 1. The van der Waals surface area contributed by atoms with Crippen LogP contribution < -0.4 is 0 Å². The normalized spacial score (nSPS) is 24.4. The van der Waals surface area contributed by atoms with E-state index in [2.05, 4.69) is 27.7 Å².